The van der Waals surface area contributed by atoms with Crippen molar-refractivity contribution in [3.05, 3.63) is 70.3 Å². The van der Waals surface area contributed by atoms with Crippen LogP contribution < -0.4 is 5.43 Å². The van der Waals surface area contributed by atoms with E-state index in [0.717, 1.165) is 28.0 Å². The van der Waals surface area contributed by atoms with Crippen molar-refractivity contribution in [2.75, 3.05) is 12.0 Å². The quantitative estimate of drug-likeness (QED) is 0.836. The number of carbonyl (C=O) groups excluding carboxylic acids is 1. The average Bonchev–Trinajstić information content (AvgIpc) is 2.71. The number of nitrogens with one attached hydrogen (secondary N) is 1. The van der Waals surface area contributed by atoms with Gasteiger partial charge in [-0.25, -0.2) is 4.79 Å². The molecule has 3 rings (SSSR count). The van der Waals surface area contributed by atoms with E-state index in [9.17, 15) is 4.79 Å². The average molecular weight is 341 g/mol. The maximum Gasteiger partial charge on any atom is 0.359 e. The lowest BCUT2D eigenvalue weighted by atomic mass is 9.91. The zero-order chi connectivity index (χ0) is 17.1. The van der Waals surface area contributed by atoms with E-state index in [1.54, 1.807) is 13.0 Å². The van der Waals surface area contributed by atoms with Crippen LogP contribution in [0.2, 0.25) is 5.02 Å². The number of anilines is 1. The van der Waals surface area contributed by atoms with Crippen LogP contribution in [0.4, 0.5) is 5.69 Å². The molecular formula is C19H17ClN2O2. The van der Waals surface area contributed by atoms with Crippen LogP contribution in [0.3, 0.4) is 0 Å². The van der Waals surface area contributed by atoms with Crippen molar-refractivity contribution in [1.82, 2.24) is 0 Å². The maximum atomic E-state index is 12.3. The minimum atomic E-state index is -0.449. The van der Waals surface area contributed by atoms with Gasteiger partial charge in [-0.3, -0.25) is 5.43 Å². The first-order valence-electron chi connectivity index (χ1n) is 7.69. The Balaban J connectivity index is 2.25. The van der Waals surface area contributed by atoms with Crippen molar-refractivity contribution in [3.8, 4) is 0 Å². The third-order valence-electron chi connectivity index (χ3n) is 3.80. The molecule has 0 radical (unpaired) electrons. The van der Waals surface area contributed by atoms with Gasteiger partial charge in [0.25, 0.3) is 0 Å². The Morgan fingerprint density at radius 3 is 2.67 bits per heavy atom. The molecule has 0 spiro atoms. The zero-order valence-electron chi connectivity index (χ0n) is 13.5. The van der Waals surface area contributed by atoms with Crippen LogP contribution >= 0.6 is 11.6 Å². The third kappa shape index (κ3) is 3.05. The van der Waals surface area contributed by atoms with Crippen molar-refractivity contribution >= 4 is 34.5 Å². The lowest BCUT2D eigenvalue weighted by Crippen LogP contribution is -2.20. The molecule has 1 aliphatic rings. The fraction of sp³-hybridized carbons (Fsp3) is 0.158. The van der Waals surface area contributed by atoms with Gasteiger partial charge in [0.1, 0.15) is 0 Å². The Morgan fingerprint density at radius 2 is 1.96 bits per heavy atom. The number of esters is 1. The van der Waals surface area contributed by atoms with E-state index in [2.05, 4.69) is 10.5 Å². The minimum absolute atomic E-state index is 0.267. The first-order valence-corrected chi connectivity index (χ1v) is 8.07. The van der Waals surface area contributed by atoms with E-state index in [1.165, 1.54) is 0 Å². The fourth-order valence-corrected chi connectivity index (χ4v) is 2.89. The van der Waals surface area contributed by atoms with Crippen LogP contribution in [0, 0.1) is 0 Å². The van der Waals surface area contributed by atoms with Gasteiger partial charge in [-0.1, -0.05) is 41.9 Å². The van der Waals surface area contributed by atoms with Crippen LogP contribution in [-0.4, -0.2) is 18.3 Å². The van der Waals surface area contributed by atoms with E-state index in [-0.39, 0.29) is 5.71 Å². The van der Waals surface area contributed by atoms with Crippen molar-refractivity contribution in [1.29, 1.82) is 0 Å². The van der Waals surface area contributed by atoms with Crippen molar-refractivity contribution in [2.24, 2.45) is 5.10 Å². The number of hydrogen-bond acceptors (Lipinski definition) is 4. The predicted molar refractivity (Wildman–Crippen MR) is 97.3 cm³/mol. The molecule has 0 atom stereocenters. The van der Waals surface area contributed by atoms with Gasteiger partial charge in [-0.2, -0.15) is 5.10 Å². The van der Waals surface area contributed by atoms with Gasteiger partial charge in [0.2, 0.25) is 0 Å². The van der Waals surface area contributed by atoms with Crippen molar-refractivity contribution < 1.29 is 9.53 Å². The van der Waals surface area contributed by atoms with E-state index in [1.807, 2.05) is 49.4 Å². The summed E-state index contributed by atoms with van der Waals surface area (Å²) in [6, 6.07) is 15.4. The van der Waals surface area contributed by atoms with E-state index in [4.69, 9.17) is 16.3 Å². The van der Waals surface area contributed by atoms with Crippen molar-refractivity contribution in [2.45, 2.75) is 13.8 Å². The number of carbonyl (C=O) groups is 1. The molecule has 24 heavy (non-hydrogen) atoms. The van der Waals surface area contributed by atoms with E-state index in [0.29, 0.717) is 11.6 Å². The van der Waals surface area contributed by atoms with E-state index >= 15 is 0 Å². The highest BCUT2D eigenvalue weighted by Crippen LogP contribution is 2.36. The highest BCUT2D eigenvalue weighted by atomic mass is 35.5. The van der Waals surface area contributed by atoms with Crippen LogP contribution in [0.1, 0.15) is 25.0 Å². The van der Waals surface area contributed by atoms with Gasteiger partial charge in [0, 0.05) is 10.6 Å². The van der Waals surface area contributed by atoms with Crippen LogP contribution in [0.25, 0.3) is 5.57 Å². The third-order valence-corrected chi connectivity index (χ3v) is 4.04. The number of hydrazone groups is 1. The van der Waals surface area contributed by atoms with Crippen LogP contribution in [-0.2, 0) is 9.53 Å². The summed E-state index contributed by atoms with van der Waals surface area (Å²) >= 11 is 6.20. The summed E-state index contributed by atoms with van der Waals surface area (Å²) in [5.74, 6) is -0.449. The fourth-order valence-electron chi connectivity index (χ4n) is 2.72. The number of nitrogens with zero attached hydrogens (tertiary/aromatic N) is 1. The number of rotatable bonds is 3. The molecule has 1 N–H and O–H groups in total. The van der Waals surface area contributed by atoms with Gasteiger partial charge < -0.3 is 4.74 Å². The molecule has 0 aliphatic carbocycles. The smallest absolute Gasteiger partial charge is 0.359 e. The normalized spacial score (nSPS) is 13.5. The number of benzene rings is 2. The Bertz CT molecular complexity index is 842. The number of halogens is 1. The molecule has 0 amide bonds. The molecule has 0 bridgehead atoms. The molecule has 0 saturated carbocycles. The van der Waals surface area contributed by atoms with Gasteiger partial charge in [-0.15, -0.1) is 0 Å². The summed E-state index contributed by atoms with van der Waals surface area (Å²) in [6.45, 7) is 3.94. The number of ether oxygens (including phenoxy) is 1. The summed E-state index contributed by atoms with van der Waals surface area (Å²) in [4.78, 5) is 12.3. The molecule has 2 aromatic carbocycles. The second kappa shape index (κ2) is 6.89. The largest absolute Gasteiger partial charge is 0.461 e. The lowest BCUT2D eigenvalue weighted by Gasteiger charge is -2.14. The number of fused-ring (bicyclic) bond motifs is 1. The molecule has 4 nitrogen and oxygen atoms in total. The summed E-state index contributed by atoms with van der Waals surface area (Å²) in [6.07, 6.45) is 0. The second-order valence-electron chi connectivity index (χ2n) is 5.35. The Hall–Kier alpha value is -2.59. The van der Waals surface area contributed by atoms with Crippen LogP contribution in [0.15, 0.2) is 59.2 Å². The molecule has 5 heteroatoms. The Kier molecular flexibility index (Phi) is 4.67. The predicted octanol–water partition coefficient (Wildman–Crippen LogP) is 4.51. The molecule has 1 heterocycles. The van der Waals surface area contributed by atoms with Crippen molar-refractivity contribution in [3.63, 3.8) is 0 Å². The summed E-state index contributed by atoms with van der Waals surface area (Å²) in [5, 5.41) is 4.88. The standard InChI is InChI=1S/C19H17ClN2O2/c1-3-24-19(23)18-12(2)17(13-7-5-4-6-8-13)15-11-14(20)9-10-16(15)21-22-18/h4-11,21H,3H2,1-2H3. The first-order chi connectivity index (χ1) is 11.6. The summed E-state index contributed by atoms with van der Waals surface area (Å²) in [5.41, 5.74) is 7.55. The van der Waals surface area contributed by atoms with Gasteiger partial charge in [0.05, 0.1) is 12.3 Å². The monoisotopic (exact) mass is 340 g/mol. The molecule has 0 saturated heterocycles. The molecular weight excluding hydrogens is 324 g/mol. The van der Waals surface area contributed by atoms with Gasteiger partial charge in [-0.05, 0) is 48.8 Å². The highest BCUT2D eigenvalue weighted by molar-refractivity contribution is 6.45. The van der Waals surface area contributed by atoms with Gasteiger partial charge >= 0.3 is 5.97 Å². The molecule has 1 aliphatic heterocycles. The second-order valence-corrected chi connectivity index (χ2v) is 5.79. The minimum Gasteiger partial charge on any atom is -0.461 e. The molecule has 0 fully saturated rings. The maximum absolute atomic E-state index is 12.3. The Labute approximate surface area is 145 Å². The van der Waals surface area contributed by atoms with E-state index < -0.39 is 5.97 Å². The van der Waals surface area contributed by atoms with Crippen LogP contribution in [0.5, 0.6) is 0 Å². The Morgan fingerprint density at radius 1 is 1.21 bits per heavy atom. The number of hydrogen-bond donors (Lipinski definition) is 1. The first kappa shape index (κ1) is 16.3. The summed E-state index contributed by atoms with van der Waals surface area (Å²) in [7, 11) is 0. The molecule has 2 aromatic rings. The highest BCUT2D eigenvalue weighted by Gasteiger charge is 2.24. The summed E-state index contributed by atoms with van der Waals surface area (Å²) < 4.78 is 5.14. The SMILES string of the molecule is CCOC(=O)C1=NNc2ccc(Cl)cc2C(c2ccccc2)=C1C. The van der Waals surface area contributed by atoms with Gasteiger partial charge in [0.15, 0.2) is 5.71 Å². The lowest BCUT2D eigenvalue weighted by molar-refractivity contribution is -0.134. The molecule has 122 valence electrons. The molecule has 0 aromatic heterocycles. The topological polar surface area (TPSA) is 50.7 Å². The molecule has 0 unspecified atom stereocenters. The zero-order valence-corrected chi connectivity index (χ0v) is 14.2.